The number of fused-ring (bicyclic) bond motifs is 1. The summed E-state index contributed by atoms with van der Waals surface area (Å²) >= 11 is 0. The molecule has 0 saturated carbocycles. The van der Waals surface area contributed by atoms with Crippen LogP contribution in [0, 0.1) is 6.92 Å². The maximum Gasteiger partial charge on any atom is 0.135 e. The van der Waals surface area contributed by atoms with Crippen LogP contribution in [0.5, 0.6) is 5.75 Å². The summed E-state index contributed by atoms with van der Waals surface area (Å²) in [6, 6.07) is 14.1. The van der Waals surface area contributed by atoms with Gasteiger partial charge in [0.15, 0.2) is 0 Å². The summed E-state index contributed by atoms with van der Waals surface area (Å²) in [5.41, 5.74) is 9.98. The first kappa shape index (κ1) is 12.8. The van der Waals surface area contributed by atoms with Crippen molar-refractivity contribution in [2.45, 2.75) is 13.5 Å². The SMILES string of the molecule is COc1ccc(-c2cc3cc(C)ccc3o2)c(CN)c1. The van der Waals surface area contributed by atoms with E-state index in [1.165, 1.54) is 5.56 Å². The molecule has 2 N–H and O–H groups in total. The quantitative estimate of drug-likeness (QED) is 0.783. The normalized spacial score (nSPS) is 10.9. The van der Waals surface area contributed by atoms with Crippen LogP contribution in [0.25, 0.3) is 22.3 Å². The number of aryl methyl sites for hydroxylation is 1. The van der Waals surface area contributed by atoms with E-state index in [-0.39, 0.29) is 0 Å². The van der Waals surface area contributed by atoms with Gasteiger partial charge in [-0.05, 0) is 48.9 Å². The molecular formula is C17H17NO2. The summed E-state index contributed by atoms with van der Waals surface area (Å²) in [5, 5.41) is 1.11. The monoisotopic (exact) mass is 267 g/mol. The van der Waals surface area contributed by atoms with E-state index in [0.29, 0.717) is 6.54 Å². The molecule has 3 nitrogen and oxygen atoms in total. The molecule has 0 fully saturated rings. The lowest BCUT2D eigenvalue weighted by Crippen LogP contribution is -1.99. The van der Waals surface area contributed by atoms with Crippen LogP contribution in [-0.4, -0.2) is 7.11 Å². The maximum atomic E-state index is 5.93. The van der Waals surface area contributed by atoms with Crippen molar-refractivity contribution in [3.63, 3.8) is 0 Å². The fraction of sp³-hybridized carbons (Fsp3) is 0.176. The van der Waals surface area contributed by atoms with Gasteiger partial charge in [-0.2, -0.15) is 0 Å². The van der Waals surface area contributed by atoms with Gasteiger partial charge in [0.2, 0.25) is 0 Å². The molecule has 102 valence electrons. The van der Waals surface area contributed by atoms with Crippen LogP contribution in [0.1, 0.15) is 11.1 Å². The summed E-state index contributed by atoms with van der Waals surface area (Å²) in [7, 11) is 1.65. The van der Waals surface area contributed by atoms with E-state index in [2.05, 4.69) is 19.1 Å². The lowest BCUT2D eigenvalue weighted by molar-refractivity contribution is 0.414. The van der Waals surface area contributed by atoms with Crippen LogP contribution in [0.3, 0.4) is 0 Å². The zero-order chi connectivity index (χ0) is 14.1. The average Bonchev–Trinajstić information content (AvgIpc) is 2.89. The van der Waals surface area contributed by atoms with E-state index >= 15 is 0 Å². The first-order valence-corrected chi connectivity index (χ1v) is 6.59. The fourth-order valence-electron chi connectivity index (χ4n) is 2.40. The predicted octanol–water partition coefficient (Wildman–Crippen LogP) is 3.88. The molecule has 0 aliphatic heterocycles. The van der Waals surface area contributed by atoms with Crippen molar-refractivity contribution in [2.75, 3.05) is 7.11 Å². The molecular weight excluding hydrogens is 250 g/mol. The average molecular weight is 267 g/mol. The van der Waals surface area contributed by atoms with Crippen LogP contribution in [0.15, 0.2) is 46.9 Å². The lowest BCUT2D eigenvalue weighted by Gasteiger charge is -2.07. The van der Waals surface area contributed by atoms with Crippen LogP contribution in [-0.2, 0) is 6.54 Å². The van der Waals surface area contributed by atoms with E-state index in [1.807, 2.05) is 30.3 Å². The van der Waals surface area contributed by atoms with E-state index in [1.54, 1.807) is 7.11 Å². The predicted molar refractivity (Wildman–Crippen MR) is 80.8 cm³/mol. The molecule has 1 aromatic heterocycles. The molecule has 0 atom stereocenters. The van der Waals surface area contributed by atoms with Crippen molar-refractivity contribution in [3.05, 3.63) is 53.6 Å². The van der Waals surface area contributed by atoms with Gasteiger partial charge < -0.3 is 14.9 Å². The molecule has 3 heteroatoms. The highest BCUT2D eigenvalue weighted by Gasteiger charge is 2.11. The van der Waals surface area contributed by atoms with Crippen LogP contribution < -0.4 is 10.5 Å². The third kappa shape index (κ3) is 2.17. The van der Waals surface area contributed by atoms with Gasteiger partial charge in [0.25, 0.3) is 0 Å². The van der Waals surface area contributed by atoms with E-state index in [9.17, 15) is 0 Å². The summed E-state index contributed by atoms with van der Waals surface area (Å²) in [6.07, 6.45) is 0. The van der Waals surface area contributed by atoms with E-state index in [0.717, 1.165) is 33.6 Å². The number of methoxy groups -OCH3 is 1. The molecule has 0 spiro atoms. The zero-order valence-corrected chi connectivity index (χ0v) is 11.6. The van der Waals surface area contributed by atoms with E-state index in [4.69, 9.17) is 14.9 Å². The molecule has 0 unspecified atom stereocenters. The Balaban J connectivity index is 2.14. The Morgan fingerprint density at radius 2 is 1.95 bits per heavy atom. The minimum atomic E-state index is 0.447. The van der Waals surface area contributed by atoms with Crippen molar-refractivity contribution < 1.29 is 9.15 Å². The smallest absolute Gasteiger partial charge is 0.135 e. The second-order valence-electron chi connectivity index (χ2n) is 4.88. The Morgan fingerprint density at radius 1 is 1.10 bits per heavy atom. The number of nitrogens with two attached hydrogens (primary N) is 1. The van der Waals surface area contributed by atoms with Gasteiger partial charge in [-0.3, -0.25) is 0 Å². The molecule has 3 aromatic rings. The highest BCUT2D eigenvalue weighted by atomic mass is 16.5. The first-order valence-electron chi connectivity index (χ1n) is 6.59. The third-order valence-corrected chi connectivity index (χ3v) is 3.47. The number of furan rings is 1. The maximum absolute atomic E-state index is 5.93. The van der Waals surface area contributed by atoms with Gasteiger partial charge in [-0.25, -0.2) is 0 Å². The molecule has 1 heterocycles. The van der Waals surface area contributed by atoms with Gasteiger partial charge in [-0.15, -0.1) is 0 Å². The van der Waals surface area contributed by atoms with Crippen LogP contribution >= 0.6 is 0 Å². The third-order valence-electron chi connectivity index (χ3n) is 3.47. The lowest BCUT2D eigenvalue weighted by atomic mass is 10.0. The van der Waals surface area contributed by atoms with Crippen molar-refractivity contribution in [1.82, 2.24) is 0 Å². The van der Waals surface area contributed by atoms with Crippen molar-refractivity contribution in [1.29, 1.82) is 0 Å². The number of hydrogen-bond donors (Lipinski definition) is 1. The van der Waals surface area contributed by atoms with Crippen molar-refractivity contribution in [2.24, 2.45) is 5.73 Å². The molecule has 3 rings (SSSR count). The van der Waals surface area contributed by atoms with Gasteiger partial charge in [-0.1, -0.05) is 11.6 Å². The minimum absolute atomic E-state index is 0.447. The molecule has 0 aliphatic carbocycles. The summed E-state index contributed by atoms with van der Waals surface area (Å²) in [5.74, 6) is 1.65. The summed E-state index contributed by atoms with van der Waals surface area (Å²) in [6.45, 7) is 2.52. The number of benzene rings is 2. The molecule has 0 radical (unpaired) electrons. The van der Waals surface area contributed by atoms with Crippen molar-refractivity contribution in [3.8, 4) is 17.1 Å². The Bertz CT molecular complexity index is 759. The Morgan fingerprint density at radius 3 is 2.70 bits per heavy atom. The first-order chi connectivity index (χ1) is 9.71. The standard InChI is InChI=1S/C17H17NO2/c1-11-3-6-16-12(7-11)9-17(20-16)15-5-4-14(19-2)8-13(15)10-18/h3-9H,10,18H2,1-2H3. The largest absolute Gasteiger partial charge is 0.497 e. The molecule has 20 heavy (non-hydrogen) atoms. The highest BCUT2D eigenvalue weighted by Crippen LogP contribution is 2.32. The number of rotatable bonds is 3. The number of hydrogen-bond acceptors (Lipinski definition) is 3. The van der Waals surface area contributed by atoms with Crippen molar-refractivity contribution >= 4 is 11.0 Å². The summed E-state index contributed by atoms with van der Waals surface area (Å²) < 4.78 is 11.2. The zero-order valence-electron chi connectivity index (χ0n) is 11.6. The molecule has 2 aromatic carbocycles. The van der Waals surface area contributed by atoms with Gasteiger partial charge in [0.1, 0.15) is 17.1 Å². The molecule has 0 amide bonds. The van der Waals surface area contributed by atoms with Crippen LogP contribution in [0.2, 0.25) is 0 Å². The highest BCUT2D eigenvalue weighted by molar-refractivity contribution is 5.84. The number of ether oxygens (including phenoxy) is 1. The van der Waals surface area contributed by atoms with Gasteiger partial charge in [0.05, 0.1) is 7.11 Å². The molecule has 0 bridgehead atoms. The Kier molecular flexibility index (Phi) is 3.20. The fourth-order valence-corrected chi connectivity index (χ4v) is 2.40. The second kappa shape index (κ2) is 5.02. The molecule has 0 aliphatic rings. The Labute approximate surface area is 118 Å². The molecule has 0 saturated heterocycles. The van der Waals surface area contributed by atoms with E-state index < -0.39 is 0 Å². The van der Waals surface area contributed by atoms with Gasteiger partial charge in [0, 0.05) is 17.5 Å². The Hall–Kier alpha value is -2.26. The topological polar surface area (TPSA) is 48.4 Å². The minimum Gasteiger partial charge on any atom is -0.497 e. The second-order valence-corrected chi connectivity index (χ2v) is 4.88. The van der Waals surface area contributed by atoms with Crippen LogP contribution in [0.4, 0.5) is 0 Å². The summed E-state index contributed by atoms with van der Waals surface area (Å²) in [4.78, 5) is 0. The van der Waals surface area contributed by atoms with Gasteiger partial charge >= 0.3 is 0 Å².